The van der Waals surface area contributed by atoms with Crippen LogP contribution in [0.25, 0.3) is 0 Å². The topological polar surface area (TPSA) is 46.9 Å². The molecule has 1 aromatic heterocycles. The Bertz CT molecular complexity index is 437. The first-order chi connectivity index (χ1) is 8.66. The monoisotopic (exact) mass is 267 g/mol. The highest BCUT2D eigenvalue weighted by molar-refractivity contribution is 6.33. The molecule has 3 unspecified atom stereocenters. The quantitative estimate of drug-likeness (QED) is 0.836. The summed E-state index contributed by atoms with van der Waals surface area (Å²) < 4.78 is 1.58. The maximum Gasteiger partial charge on any atom is 0.199 e. The Kier molecular flexibility index (Phi) is 3.16. The minimum Gasteiger partial charge on any atom is -0.304 e. The van der Waals surface area contributed by atoms with Crippen molar-refractivity contribution in [2.45, 2.75) is 44.2 Å². The van der Waals surface area contributed by atoms with Gasteiger partial charge >= 0.3 is 0 Å². The number of nitrogens with zero attached hydrogens (tertiary/aromatic N) is 2. The van der Waals surface area contributed by atoms with E-state index in [4.69, 9.17) is 11.6 Å². The van der Waals surface area contributed by atoms with E-state index in [1.807, 2.05) is 0 Å². The normalized spacial score (nSPS) is 31.3. The van der Waals surface area contributed by atoms with Gasteiger partial charge in [0.15, 0.2) is 5.78 Å². The van der Waals surface area contributed by atoms with E-state index in [-0.39, 0.29) is 11.8 Å². The van der Waals surface area contributed by atoms with Crippen molar-refractivity contribution in [2.24, 2.45) is 13.0 Å². The van der Waals surface area contributed by atoms with Gasteiger partial charge in [0.05, 0.1) is 17.3 Å². The maximum atomic E-state index is 12.5. The lowest BCUT2D eigenvalue weighted by Gasteiger charge is -2.24. The van der Waals surface area contributed by atoms with Crippen LogP contribution in [0.4, 0.5) is 0 Å². The first-order valence-corrected chi connectivity index (χ1v) is 7.02. The minimum absolute atomic E-state index is 0.0778. The smallest absolute Gasteiger partial charge is 0.199 e. The van der Waals surface area contributed by atoms with E-state index in [0.717, 1.165) is 6.42 Å². The van der Waals surface area contributed by atoms with E-state index in [9.17, 15) is 4.79 Å². The molecule has 3 atom stereocenters. The number of hydrogen-bond acceptors (Lipinski definition) is 3. The molecule has 1 N–H and O–H groups in total. The molecule has 4 nitrogen and oxygen atoms in total. The van der Waals surface area contributed by atoms with E-state index < -0.39 is 0 Å². The Morgan fingerprint density at radius 3 is 2.94 bits per heavy atom. The number of halogens is 1. The molecule has 0 bridgehead atoms. The van der Waals surface area contributed by atoms with Crippen molar-refractivity contribution in [3.8, 4) is 0 Å². The summed E-state index contributed by atoms with van der Waals surface area (Å²) in [4.78, 5) is 12.5. The lowest BCUT2D eigenvalue weighted by Crippen LogP contribution is -2.37. The second-order valence-corrected chi connectivity index (χ2v) is 5.84. The van der Waals surface area contributed by atoms with Crippen LogP contribution < -0.4 is 5.32 Å². The van der Waals surface area contributed by atoms with E-state index in [0.29, 0.717) is 22.7 Å². The van der Waals surface area contributed by atoms with Gasteiger partial charge in [-0.25, -0.2) is 0 Å². The van der Waals surface area contributed by atoms with Crippen molar-refractivity contribution in [2.75, 3.05) is 0 Å². The fourth-order valence-corrected chi connectivity index (χ4v) is 3.63. The van der Waals surface area contributed by atoms with Gasteiger partial charge in [-0.1, -0.05) is 24.4 Å². The molecule has 0 radical (unpaired) electrons. The number of carbonyl (C=O) groups is 1. The Balaban J connectivity index is 1.78. The zero-order chi connectivity index (χ0) is 12.7. The molecule has 3 rings (SSSR count). The van der Waals surface area contributed by atoms with Gasteiger partial charge in [0.25, 0.3) is 0 Å². The van der Waals surface area contributed by atoms with Gasteiger partial charge in [-0.05, 0) is 25.2 Å². The zero-order valence-corrected chi connectivity index (χ0v) is 11.3. The number of ketones is 1. The van der Waals surface area contributed by atoms with Crippen molar-refractivity contribution in [3.05, 3.63) is 16.9 Å². The summed E-state index contributed by atoms with van der Waals surface area (Å²) in [5, 5.41) is 7.98. The van der Waals surface area contributed by atoms with Crippen LogP contribution in [0.3, 0.4) is 0 Å². The first kappa shape index (κ1) is 12.2. The number of carbonyl (C=O) groups excluding carboxylic acids is 1. The molecule has 98 valence electrons. The predicted molar refractivity (Wildman–Crippen MR) is 69.8 cm³/mol. The lowest BCUT2D eigenvalue weighted by atomic mass is 9.84. The van der Waals surface area contributed by atoms with Crippen LogP contribution >= 0.6 is 11.6 Å². The average Bonchev–Trinajstić information content (AvgIpc) is 2.92. The highest BCUT2D eigenvalue weighted by Crippen LogP contribution is 2.34. The molecule has 1 aliphatic heterocycles. The molecule has 18 heavy (non-hydrogen) atoms. The summed E-state index contributed by atoms with van der Waals surface area (Å²) in [6.45, 7) is 0. The first-order valence-electron chi connectivity index (χ1n) is 6.64. The molecular weight excluding hydrogens is 250 g/mol. The molecule has 0 spiro atoms. The van der Waals surface area contributed by atoms with Gasteiger partial charge in [0, 0.05) is 13.1 Å². The molecule has 1 aliphatic carbocycles. The number of fused-ring (bicyclic) bond motifs is 1. The van der Waals surface area contributed by atoms with Crippen LogP contribution in [-0.2, 0) is 7.05 Å². The summed E-state index contributed by atoms with van der Waals surface area (Å²) in [6, 6.07) is 0.450. The van der Waals surface area contributed by atoms with Gasteiger partial charge < -0.3 is 5.32 Å². The lowest BCUT2D eigenvalue weighted by molar-refractivity contribution is 0.0940. The van der Waals surface area contributed by atoms with E-state index >= 15 is 0 Å². The van der Waals surface area contributed by atoms with Crippen molar-refractivity contribution in [1.82, 2.24) is 15.1 Å². The molecular formula is C13H18ClN3O. The third kappa shape index (κ3) is 1.97. The standard InChI is InChI=1S/C13H18ClN3O/c1-17-12(9(14)7-15-17)13(18)11-6-8-4-2-3-5-10(8)16-11/h7-8,10-11,16H,2-6H2,1H3. The summed E-state index contributed by atoms with van der Waals surface area (Å²) >= 11 is 6.04. The molecule has 5 heteroatoms. The number of aryl methyl sites for hydroxylation is 1. The van der Waals surface area contributed by atoms with Crippen LogP contribution in [0.2, 0.25) is 5.02 Å². The molecule has 2 aliphatic rings. The average molecular weight is 268 g/mol. The third-order valence-corrected chi connectivity index (χ3v) is 4.58. The number of hydrogen-bond donors (Lipinski definition) is 1. The third-order valence-electron chi connectivity index (χ3n) is 4.31. The molecule has 2 heterocycles. The molecule has 0 amide bonds. The number of Topliss-reactive ketones (excluding diaryl/α,β-unsaturated/α-hetero) is 1. The van der Waals surface area contributed by atoms with Gasteiger partial charge in [0.2, 0.25) is 0 Å². The Morgan fingerprint density at radius 2 is 2.28 bits per heavy atom. The molecule has 2 fully saturated rings. The van der Waals surface area contributed by atoms with E-state index in [2.05, 4.69) is 10.4 Å². The van der Waals surface area contributed by atoms with E-state index in [1.165, 1.54) is 31.9 Å². The molecule has 1 saturated heterocycles. The van der Waals surface area contributed by atoms with Crippen molar-refractivity contribution >= 4 is 17.4 Å². The summed E-state index contributed by atoms with van der Waals surface area (Å²) in [7, 11) is 1.76. The Labute approximate surface area is 112 Å². The van der Waals surface area contributed by atoms with Gasteiger partial charge in [-0.3, -0.25) is 9.48 Å². The predicted octanol–water partition coefficient (Wildman–Crippen LogP) is 2.18. The van der Waals surface area contributed by atoms with Crippen LogP contribution in [0, 0.1) is 5.92 Å². The van der Waals surface area contributed by atoms with E-state index in [1.54, 1.807) is 11.7 Å². The van der Waals surface area contributed by atoms with Crippen molar-refractivity contribution in [1.29, 1.82) is 0 Å². The fraction of sp³-hybridized carbons (Fsp3) is 0.692. The fourth-order valence-electron chi connectivity index (χ4n) is 3.37. The second kappa shape index (κ2) is 4.67. The minimum atomic E-state index is -0.0778. The maximum absolute atomic E-state index is 12.5. The molecule has 1 aromatic rings. The summed E-state index contributed by atoms with van der Waals surface area (Å²) in [5.41, 5.74) is 0.535. The van der Waals surface area contributed by atoms with Gasteiger partial charge in [-0.2, -0.15) is 5.10 Å². The number of nitrogens with one attached hydrogen (secondary N) is 1. The highest BCUT2D eigenvalue weighted by atomic mass is 35.5. The second-order valence-electron chi connectivity index (χ2n) is 5.43. The van der Waals surface area contributed by atoms with Crippen molar-refractivity contribution in [3.63, 3.8) is 0 Å². The molecule has 1 saturated carbocycles. The highest BCUT2D eigenvalue weighted by Gasteiger charge is 2.39. The Hall–Kier alpha value is -0.870. The van der Waals surface area contributed by atoms with Crippen LogP contribution in [0.15, 0.2) is 6.20 Å². The summed E-state index contributed by atoms with van der Waals surface area (Å²) in [6.07, 6.45) is 7.52. The Morgan fingerprint density at radius 1 is 1.50 bits per heavy atom. The van der Waals surface area contributed by atoms with Crippen LogP contribution in [0.1, 0.15) is 42.6 Å². The van der Waals surface area contributed by atoms with Crippen LogP contribution in [-0.4, -0.2) is 27.6 Å². The van der Waals surface area contributed by atoms with Crippen molar-refractivity contribution < 1.29 is 4.79 Å². The largest absolute Gasteiger partial charge is 0.304 e. The zero-order valence-electron chi connectivity index (χ0n) is 10.5. The van der Waals surface area contributed by atoms with Gasteiger partial charge in [-0.15, -0.1) is 0 Å². The summed E-state index contributed by atoms with van der Waals surface area (Å²) in [5.74, 6) is 0.758. The SMILES string of the molecule is Cn1ncc(Cl)c1C(=O)C1CC2CCCCC2N1. The van der Waals surface area contributed by atoms with Gasteiger partial charge in [0.1, 0.15) is 5.69 Å². The van der Waals surface area contributed by atoms with Crippen LogP contribution in [0.5, 0.6) is 0 Å². The molecule has 0 aromatic carbocycles. The number of aromatic nitrogens is 2. The number of rotatable bonds is 2.